The molecule has 1 aliphatic carbocycles. The molecule has 0 unspecified atom stereocenters. The van der Waals surface area contributed by atoms with Crippen LogP contribution in [-0.2, 0) is 4.79 Å². The van der Waals surface area contributed by atoms with Crippen molar-refractivity contribution < 1.29 is 19.2 Å². The van der Waals surface area contributed by atoms with Gasteiger partial charge in [0, 0.05) is 12.6 Å². The maximum absolute atomic E-state index is 11.4. The van der Waals surface area contributed by atoms with Gasteiger partial charge in [0.05, 0.1) is 5.41 Å². The highest BCUT2D eigenvalue weighted by atomic mass is 16.5. The third-order valence-electron chi connectivity index (χ3n) is 2.57. The van der Waals surface area contributed by atoms with Gasteiger partial charge in [0.2, 0.25) is 0 Å². The molecule has 0 bridgehead atoms. The van der Waals surface area contributed by atoms with Crippen LogP contribution in [0.25, 0.3) is 0 Å². The van der Waals surface area contributed by atoms with Crippen molar-refractivity contribution in [1.29, 1.82) is 0 Å². The first-order chi connectivity index (χ1) is 7.14. The van der Waals surface area contributed by atoms with E-state index in [1.807, 2.05) is 0 Å². The molecule has 1 aliphatic rings. The van der Waals surface area contributed by atoms with Crippen LogP contribution in [-0.4, -0.2) is 28.7 Å². The van der Waals surface area contributed by atoms with E-state index >= 15 is 0 Å². The number of nitrogens with zero attached hydrogens (tertiary/aromatic N) is 1. The summed E-state index contributed by atoms with van der Waals surface area (Å²) in [7, 11) is 0. The minimum absolute atomic E-state index is 0.147. The van der Waals surface area contributed by atoms with E-state index < -0.39 is 17.3 Å². The van der Waals surface area contributed by atoms with Gasteiger partial charge in [-0.05, 0) is 12.8 Å². The van der Waals surface area contributed by atoms with E-state index in [4.69, 9.17) is 5.11 Å². The number of carboxylic acid groups (broad SMARTS) is 1. The van der Waals surface area contributed by atoms with Crippen LogP contribution in [0, 0.1) is 5.41 Å². The van der Waals surface area contributed by atoms with Crippen LogP contribution in [0.15, 0.2) is 16.9 Å². The van der Waals surface area contributed by atoms with Crippen molar-refractivity contribution in [3.63, 3.8) is 0 Å². The summed E-state index contributed by atoms with van der Waals surface area (Å²) in [4.78, 5) is 22.2. The van der Waals surface area contributed by atoms with Gasteiger partial charge in [-0.15, -0.1) is 0 Å². The molecule has 2 N–H and O–H groups in total. The zero-order chi connectivity index (χ0) is 10.9. The van der Waals surface area contributed by atoms with Gasteiger partial charge in [0.25, 0.3) is 5.91 Å². The molecule has 0 aromatic carbocycles. The number of hydrogen-bond acceptors (Lipinski definition) is 4. The molecule has 2 rings (SSSR count). The summed E-state index contributed by atoms with van der Waals surface area (Å²) in [5.41, 5.74) is -0.587. The van der Waals surface area contributed by atoms with Gasteiger partial charge in [0.1, 0.15) is 6.26 Å². The second kappa shape index (κ2) is 3.38. The van der Waals surface area contributed by atoms with Crippen LogP contribution in [0.1, 0.15) is 23.3 Å². The predicted molar refractivity (Wildman–Crippen MR) is 48.1 cm³/mol. The van der Waals surface area contributed by atoms with Gasteiger partial charge in [-0.25, -0.2) is 0 Å². The van der Waals surface area contributed by atoms with Gasteiger partial charge in [-0.3, -0.25) is 9.59 Å². The average Bonchev–Trinajstić information content (AvgIpc) is 2.80. The van der Waals surface area contributed by atoms with Gasteiger partial charge in [0.15, 0.2) is 5.69 Å². The molecule has 1 aromatic rings. The van der Waals surface area contributed by atoms with E-state index in [0.29, 0.717) is 12.8 Å². The number of aromatic nitrogens is 1. The van der Waals surface area contributed by atoms with E-state index in [-0.39, 0.29) is 12.2 Å². The van der Waals surface area contributed by atoms with E-state index in [9.17, 15) is 9.59 Å². The fourth-order valence-electron chi connectivity index (χ4n) is 1.29. The zero-order valence-electron chi connectivity index (χ0n) is 7.90. The van der Waals surface area contributed by atoms with Crippen LogP contribution in [0.2, 0.25) is 0 Å². The van der Waals surface area contributed by atoms with Gasteiger partial charge < -0.3 is 14.9 Å². The van der Waals surface area contributed by atoms with Crippen LogP contribution < -0.4 is 5.32 Å². The van der Waals surface area contributed by atoms with Gasteiger partial charge >= 0.3 is 5.97 Å². The second-order valence-electron chi connectivity index (χ2n) is 3.65. The SMILES string of the molecule is O=C(NCC1(C(=O)O)CC1)c1ccon1. The lowest BCUT2D eigenvalue weighted by atomic mass is 10.1. The highest BCUT2D eigenvalue weighted by Gasteiger charge is 2.50. The van der Waals surface area contributed by atoms with Crippen LogP contribution in [0.5, 0.6) is 0 Å². The molecule has 1 fully saturated rings. The van der Waals surface area contributed by atoms with Crippen molar-refractivity contribution in [1.82, 2.24) is 10.5 Å². The zero-order valence-corrected chi connectivity index (χ0v) is 7.90. The number of carboxylic acids is 1. The lowest BCUT2D eigenvalue weighted by molar-refractivity contribution is -0.143. The molecule has 0 spiro atoms. The van der Waals surface area contributed by atoms with E-state index in [1.54, 1.807) is 0 Å². The third-order valence-corrected chi connectivity index (χ3v) is 2.57. The van der Waals surface area contributed by atoms with Crippen LogP contribution in [0.4, 0.5) is 0 Å². The molecule has 0 atom stereocenters. The standard InChI is InChI=1S/C9H10N2O4/c12-7(6-1-4-15-11-6)10-5-9(2-3-9)8(13)14/h1,4H,2-3,5H2,(H,10,12)(H,13,14). The average molecular weight is 210 g/mol. The van der Waals surface area contributed by atoms with E-state index in [0.717, 1.165) is 0 Å². The Balaban J connectivity index is 1.89. The quantitative estimate of drug-likeness (QED) is 0.744. The molecule has 80 valence electrons. The fraction of sp³-hybridized carbons (Fsp3) is 0.444. The molecule has 6 heteroatoms. The van der Waals surface area contributed by atoms with Gasteiger partial charge in [-0.2, -0.15) is 0 Å². The Kier molecular flexibility index (Phi) is 2.18. The number of rotatable bonds is 4. The Morgan fingerprint density at radius 1 is 1.60 bits per heavy atom. The molecule has 1 aromatic heterocycles. The molecule has 1 saturated carbocycles. The summed E-state index contributed by atoms with van der Waals surface area (Å²) < 4.78 is 4.50. The largest absolute Gasteiger partial charge is 0.481 e. The molecule has 0 radical (unpaired) electrons. The number of aliphatic carboxylic acids is 1. The van der Waals surface area contributed by atoms with Crippen LogP contribution in [0.3, 0.4) is 0 Å². The monoisotopic (exact) mass is 210 g/mol. The Morgan fingerprint density at radius 2 is 2.33 bits per heavy atom. The summed E-state index contributed by atoms with van der Waals surface area (Å²) in [6.45, 7) is 0.147. The number of nitrogens with one attached hydrogen (secondary N) is 1. The maximum Gasteiger partial charge on any atom is 0.311 e. The first kappa shape index (κ1) is 9.70. The Labute approximate surface area is 85.2 Å². The van der Waals surface area contributed by atoms with Crippen molar-refractivity contribution in [2.45, 2.75) is 12.8 Å². The third kappa shape index (κ3) is 1.83. The summed E-state index contributed by atoms with van der Waals surface area (Å²) in [6, 6.07) is 1.43. The minimum atomic E-state index is -0.858. The molecule has 1 heterocycles. The van der Waals surface area contributed by atoms with Crippen molar-refractivity contribution in [3.8, 4) is 0 Å². The highest BCUT2D eigenvalue weighted by Crippen LogP contribution is 2.45. The number of hydrogen-bond donors (Lipinski definition) is 2. The normalized spacial score (nSPS) is 17.1. The van der Waals surface area contributed by atoms with Gasteiger partial charge in [-0.1, -0.05) is 5.16 Å². The maximum atomic E-state index is 11.4. The predicted octanol–water partition coefficient (Wildman–Crippen LogP) is 0.269. The van der Waals surface area contributed by atoms with Crippen molar-refractivity contribution >= 4 is 11.9 Å². The Hall–Kier alpha value is -1.85. The first-order valence-electron chi connectivity index (χ1n) is 4.56. The number of amides is 1. The van der Waals surface area contributed by atoms with Crippen molar-refractivity contribution in [2.24, 2.45) is 5.41 Å². The van der Waals surface area contributed by atoms with Crippen LogP contribution >= 0.6 is 0 Å². The highest BCUT2D eigenvalue weighted by molar-refractivity contribution is 5.92. The molecular formula is C9H10N2O4. The Morgan fingerprint density at radius 3 is 2.80 bits per heavy atom. The number of carbonyl (C=O) groups excluding carboxylic acids is 1. The van der Waals surface area contributed by atoms with E-state index in [2.05, 4.69) is 15.0 Å². The minimum Gasteiger partial charge on any atom is -0.481 e. The smallest absolute Gasteiger partial charge is 0.311 e. The lowest BCUT2D eigenvalue weighted by Crippen LogP contribution is -2.34. The Bertz CT molecular complexity index is 381. The molecule has 0 saturated heterocycles. The summed E-state index contributed by atoms with van der Waals surface area (Å²) in [6.07, 6.45) is 2.52. The number of carbonyl (C=O) groups is 2. The molecule has 1 amide bonds. The molecule has 15 heavy (non-hydrogen) atoms. The fourth-order valence-corrected chi connectivity index (χ4v) is 1.29. The topological polar surface area (TPSA) is 92.4 Å². The van der Waals surface area contributed by atoms with Crippen molar-refractivity contribution in [2.75, 3.05) is 6.54 Å². The summed E-state index contributed by atoms with van der Waals surface area (Å²) in [5, 5.41) is 14.8. The van der Waals surface area contributed by atoms with E-state index in [1.165, 1.54) is 12.3 Å². The van der Waals surface area contributed by atoms with Crippen molar-refractivity contribution in [3.05, 3.63) is 18.0 Å². The second-order valence-corrected chi connectivity index (χ2v) is 3.65. The lowest BCUT2D eigenvalue weighted by Gasteiger charge is -2.09. The first-order valence-corrected chi connectivity index (χ1v) is 4.56. The molecule has 0 aliphatic heterocycles. The summed E-state index contributed by atoms with van der Waals surface area (Å²) in [5.74, 6) is -1.26. The molecule has 6 nitrogen and oxygen atoms in total. The molecular weight excluding hydrogens is 200 g/mol. The summed E-state index contributed by atoms with van der Waals surface area (Å²) >= 11 is 0.